The molecular formula is C27H21F4N5O4. The Morgan fingerprint density at radius 3 is 2.62 bits per heavy atom. The number of carboxylic acid groups (broad SMARTS) is 1. The molecular weight excluding hydrogens is 534 g/mol. The molecule has 1 aliphatic rings. The first-order chi connectivity index (χ1) is 18.9. The molecule has 1 atom stereocenters. The van der Waals surface area contributed by atoms with E-state index in [9.17, 15) is 37.1 Å². The summed E-state index contributed by atoms with van der Waals surface area (Å²) in [6, 6.07) is 8.19. The molecule has 206 valence electrons. The largest absolute Gasteiger partial charge is 0.478 e. The van der Waals surface area contributed by atoms with Crippen molar-refractivity contribution >= 4 is 23.4 Å². The fraction of sp³-hybridized carbons (Fsp3) is 0.222. The first-order valence-corrected chi connectivity index (χ1v) is 12.1. The molecule has 0 unspecified atom stereocenters. The van der Waals surface area contributed by atoms with Crippen molar-refractivity contribution in [1.29, 1.82) is 0 Å². The predicted molar refractivity (Wildman–Crippen MR) is 132 cm³/mol. The van der Waals surface area contributed by atoms with Crippen LogP contribution in [0.25, 0.3) is 5.65 Å². The number of aromatic carboxylic acids is 1. The molecule has 1 aliphatic carbocycles. The summed E-state index contributed by atoms with van der Waals surface area (Å²) in [7, 11) is 0. The number of hydrogen-bond acceptors (Lipinski definition) is 5. The average molecular weight is 555 g/mol. The molecule has 0 fully saturated rings. The number of rotatable bonds is 6. The highest BCUT2D eigenvalue weighted by Crippen LogP contribution is 2.35. The van der Waals surface area contributed by atoms with Crippen LogP contribution in [0.3, 0.4) is 0 Å². The van der Waals surface area contributed by atoms with Gasteiger partial charge in [-0.25, -0.2) is 18.7 Å². The lowest BCUT2D eigenvalue weighted by molar-refractivity contribution is -0.137. The zero-order chi connectivity index (χ0) is 28.8. The summed E-state index contributed by atoms with van der Waals surface area (Å²) in [5, 5.41) is 18.5. The van der Waals surface area contributed by atoms with E-state index in [4.69, 9.17) is 0 Å². The minimum absolute atomic E-state index is 0.175. The maximum Gasteiger partial charge on any atom is 0.416 e. The van der Waals surface area contributed by atoms with Crippen LogP contribution in [0.5, 0.6) is 0 Å². The topological polar surface area (TPSA) is 126 Å². The number of nitrogens with one attached hydrogen (secondary N) is 2. The van der Waals surface area contributed by atoms with Gasteiger partial charge in [-0.15, -0.1) is 0 Å². The van der Waals surface area contributed by atoms with E-state index in [1.807, 2.05) is 0 Å². The highest BCUT2D eigenvalue weighted by Gasteiger charge is 2.31. The monoisotopic (exact) mass is 555 g/mol. The maximum atomic E-state index is 14.4. The molecule has 0 radical (unpaired) electrons. The van der Waals surface area contributed by atoms with E-state index >= 15 is 0 Å². The summed E-state index contributed by atoms with van der Waals surface area (Å²) in [5.41, 5.74) is 0.767. The van der Waals surface area contributed by atoms with Crippen LogP contribution in [-0.4, -0.2) is 37.5 Å². The van der Waals surface area contributed by atoms with E-state index in [-0.39, 0.29) is 34.7 Å². The number of alkyl halides is 3. The number of nitrogens with zero attached hydrogens (tertiary/aromatic N) is 3. The van der Waals surface area contributed by atoms with Crippen LogP contribution in [0.4, 0.5) is 17.6 Å². The fourth-order valence-corrected chi connectivity index (χ4v) is 4.84. The van der Waals surface area contributed by atoms with Crippen molar-refractivity contribution in [1.82, 2.24) is 25.2 Å². The van der Waals surface area contributed by atoms with E-state index in [0.29, 0.717) is 18.4 Å². The number of fused-ring (bicyclic) bond motifs is 2. The maximum absolute atomic E-state index is 14.4. The molecule has 2 heterocycles. The van der Waals surface area contributed by atoms with Gasteiger partial charge in [-0.3, -0.25) is 9.59 Å². The predicted octanol–water partition coefficient (Wildman–Crippen LogP) is 4.24. The molecule has 9 nitrogen and oxygen atoms in total. The van der Waals surface area contributed by atoms with Gasteiger partial charge in [0, 0.05) is 12.6 Å². The van der Waals surface area contributed by atoms with Gasteiger partial charge < -0.3 is 15.7 Å². The number of aromatic nitrogens is 3. The summed E-state index contributed by atoms with van der Waals surface area (Å²) in [6.07, 6.45) is -2.67. The third-order valence-electron chi connectivity index (χ3n) is 6.83. The first kappa shape index (κ1) is 26.8. The number of carbonyl (C=O) groups is 3. The van der Waals surface area contributed by atoms with Crippen LogP contribution in [0.15, 0.2) is 48.7 Å². The van der Waals surface area contributed by atoms with Crippen molar-refractivity contribution < 1.29 is 37.1 Å². The summed E-state index contributed by atoms with van der Waals surface area (Å²) >= 11 is 0. The molecule has 2 aromatic carbocycles. The lowest BCUT2D eigenvalue weighted by Gasteiger charge is -2.16. The molecule has 3 N–H and O–H groups in total. The SMILES string of the molecule is Cc1c(C(=O)O)ccc2c1CC[C@@H]2NC(=O)c1cc(C(=O)NCc2cccc(C(F)(F)F)c2)nc2c(F)cnn12. The van der Waals surface area contributed by atoms with Crippen LogP contribution in [-0.2, 0) is 19.1 Å². The quantitative estimate of drug-likeness (QED) is 0.306. The second-order valence-electron chi connectivity index (χ2n) is 9.31. The molecule has 0 aliphatic heterocycles. The second kappa shape index (κ2) is 10.1. The zero-order valence-corrected chi connectivity index (χ0v) is 20.8. The van der Waals surface area contributed by atoms with Gasteiger partial charge in [-0.05, 0) is 60.2 Å². The van der Waals surface area contributed by atoms with Crippen LogP contribution >= 0.6 is 0 Å². The van der Waals surface area contributed by atoms with Gasteiger partial charge in [0.25, 0.3) is 11.8 Å². The van der Waals surface area contributed by atoms with Crippen molar-refractivity contribution in [2.75, 3.05) is 0 Å². The summed E-state index contributed by atoms with van der Waals surface area (Å²) in [6.45, 7) is 1.44. The molecule has 2 amide bonds. The van der Waals surface area contributed by atoms with Crippen molar-refractivity contribution in [3.63, 3.8) is 0 Å². The summed E-state index contributed by atoms with van der Waals surface area (Å²) < 4.78 is 54.4. The highest BCUT2D eigenvalue weighted by molar-refractivity contribution is 5.98. The van der Waals surface area contributed by atoms with E-state index in [0.717, 1.165) is 40.0 Å². The van der Waals surface area contributed by atoms with Crippen LogP contribution in [0, 0.1) is 12.7 Å². The van der Waals surface area contributed by atoms with Crippen molar-refractivity contribution in [2.45, 2.75) is 38.5 Å². The van der Waals surface area contributed by atoms with Gasteiger partial charge in [0.05, 0.1) is 23.4 Å². The van der Waals surface area contributed by atoms with E-state index in [2.05, 4.69) is 20.7 Å². The molecule has 4 aromatic rings. The van der Waals surface area contributed by atoms with Gasteiger partial charge in [-0.2, -0.15) is 18.3 Å². The smallest absolute Gasteiger partial charge is 0.416 e. The lowest BCUT2D eigenvalue weighted by atomic mass is 9.98. The number of hydrogen-bond donors (Lipinski definition) is 3. The summed E-state index contributed by atoms with van der Waals surface area (Å²) in [5.74, 6) is -3.45. The Kier molecular flexibility index (Phi) is 6.74. The normalized spacial score (nSPS) is 14.7. The lowest BCUT2D eigenvalue weighted by Crippen LogP contribution is -2.30. The van der Waals surface area contributed by atoms with E-state index < -0.39 is 41.4 Å². The molecule has 2 aromatic heterocycles. The van der Waals surface area contributed by atoms with Gasteiger partial charge in [0.15, 0.2) is 11.5 Å². The van der Waals surface area contributed by atoms with E-state index in [1.54, 1.807) is 13.0 Å². The molecule has 40 heavy (non-hydrogen) atoms. The Bertz CT molecular complexity index is 1680. The zero-order valence-electron chi connectivity index (χ0n) is 20.8. The fourth-order valence-electron chi connectivity index (χ4n) is 4.84. The Morgan fingerprint density at radius 1 is 1.12 bits per heavy atom. The number of halogens is 4. The number of amides is 2. The van der Waals surface area contributed by atoms with Crippen LogP contribution < -0.4 is 10.6 Å². The van der Waals surface area contributed by atoms with Crippen molar-refractivity contribution in [3.8, 4) is 0 Å². The van der Waals surface area contributed by atoms with Gasteiger partial charge in [0.1, 0.15) is 11.4 Å². The molecule has 0 saturated heterocycles. The van der Waals surface area contributed by atoms with Crippen LogP contribution in [0.2, 0.25) is 0 Å². The Hall–Kier alpha value is -4.81. The van der Waals surface area contributed by atoms with Gasteiger partial charge in [-0.1, -0.05) is 18.2 Å². The Balaban J connectivity index is 1.39. The number of benzene rings is 2. The van der Waals surface area contributed by atoms with Crippen molar-refractivity contribution in [3.05, 3.63) is 99.2 Å². The summed E-state index contributed by atoms with van der Waals surface area (Å²) in [4.78, 5) is 41.6. The molecule has 0 saturated carbocycles. The number of carbonyl (C=O) groups excluding carboxylic acids is 2. The molecule has 0 bridgehead atoms. The molecule has 5 rings (SSSR count). The van der Waals surface area contributed by atoms with E-state index in [1.165, 1.54) is 18.2 Å². The van der Waals surface area contributed by atoms with Gasteiger partial charge in [0.2, 0.25) is 0 Å². The van der Waals surface area contributed by atoms with Crippen molar-refractivity contribution in [2.24, 2.45) is 0 Å². The Labute approximate surface area is 223 Å². The first-order valence-electron chi connectivity index (χ1n) is 12.1. The minimum atomic E-state index is -4.55. The highest BCUT2D eigenvalue weighted by atomic mass is 19.4. The average Bonchev–Trinajstić information content (AvgIpc) is 3.50. The third-order valence-corrected chi connectivity index (χ3v) is 6.83. The standard InChI is InChI=1S/C27H21F4N5O4/c1-13-16-7-8-20(18(16)6-5-17(13)26(39)40)35-25(38)22-10-21(34-23-19(28)12-33-36(22)23)24(37)32-11-14-3-2-4-15(9-14)27(29,30)31/h2-6,9-10,12,20H,7-8,11H2,1H3,(H,32,37)(H,35,38)(H,39,40)/t20-/m0/s1. The molecule has 0 spiro atoms. The minimum Gasteiger partial charge on any atom is -0.478 e. The van der Waals surface area contributed by atoms with Gasteiger partial charge >= 0.3 is 12.1 Å². The second-order valence-corrected chi connectivity index (χ2v) is 9.31. The molecule has 13 heteroatoms. The number of carboxylic acids is 1. The third kappa shape index (κ3) is 4.97. The van der Waals surface area contributed by atoms with Crippen LogP contribution in [0.1, 0.15) is 71.6 Å². The Morgan fingerprint density at radius 2 is 1.90 bits per heavy atom.